The van der Waals surface area contributed by atoms with E-state index >= 15 is 0 Å². The second kappa shape index (κ2) is 6.25. The summed E-state index contributed by atoms with van der Waals surface area (Å²) in [6, 6.07) is 5.35. The fraction of sp³-hybridized carbons (Fsp3) is 0.357. The summed E-state index contributed by atoms with van der Waals surface area (Å²) in [5.41, 5.74) is 10.8. The van der Waals surface area contributed by atoms with E-state index in [2.05, 4.69) is 5.32 Å². The number of carboxylic acid groups (broad SMARTS) is 1. The van der Waals surface area contributed by atoms with Crippen LogP contribution in [0.2, 0.25) is 0 Å². The normalized spacial score (nSPS) is 12.5. The number of benzene rings is 1. The second-order valence-electron chi connectivity index (χ2n) is 5.28. The Morgan fingerprint density at radius 3 is 2.19 bits per heavy atom. The van der Waals surface area contributed by atoms with Gasteiger partial charge in [-0.15, -0.1) is 0 Å². The van der Waals surface area contributed by atoms with Gasteiger partial charge in [0.2, 0.25) is 11.8 Å². The van der Waals surface area contributed by atoms with Gasteiger partial charge in [-0.25, -0.2) is 4.79 Å². The lowest BCUT2D eigenvalue weighted by Crippen LogP contribution is -2.49. The second-order valence-corrected chi connectivity index (χ2v) is 5.28. The van der Waals surface area contributed by atoms with Crippen LogP contribution in [0.5, 0.6) is 0 Å². The van der Waals surface area contributed by atoms with Crippen molar-refractivity contribution in [1.29, 1.82) is 0 Å². The van der Waals surface area contributed by atoms with Crippen molar-refractivity contribution in [2.75, 3.05) is 5.73 Å². The fourth-order valence-electron chi connectivity index (χ4n) is 1.77. The third-order valence-electron chi connectivity index (χ3n) is 3.21. The maximum Gasteiger partial charge on any atom is 0.326 e. The molecule has 0 aromatic heterocycles. The SMILES string of the molecule is CC(C)(C(=O)NC(CC(N)=O)C(=O)O)c1ccc(N)cc1. The Bertz CT molecular complexity index is 552. The highest BCUT2D eigenvalue weighted by molar-refractivity contribution is 5.92. The van der Waals surface area contributed by atoms with Crippen LogP contribution in [0.4, 0.5) is 5.69 Å². The van der Waals surface area contributed by atoms with Crippen molar-refractivity contribution in [2.45, 2.75) is 31.7 Å². The fourth-order valence-corrected chi connectivity index (χ4v) is 1.77. The smallest absolute Gasteiger partial charge is 0.326 e. The van der Waals surface area contributed by atoms with Crippen molar-refractivity contribution in [2.24, 2.45) is 5.73 Å². The van der Waals surface area contributed by atoms with Gasteiger partial charge in [-0.2, -0.15) is 0 Å². The van der Waals surface area contributed by atoms with Crippen LogP contribution in [0.25, 0.3) is 0 Å². The molecule has 6 N–H and O–H groups in total. The van der Waals surface area contributed by atoms with Gasteiger partial charge >= 0.3 is 5.97 Å². The van der Waals surface area contributed by atoms with Crippen LogP contribution in [0.1, 0.15) is 25.8 Å². The highest BCUT2D eigenvalue weighted by Crippen LogP contribution is 2.24. The minimum atomic E-state index is -1.34. The number of amides is 2. The van der Waals surface area contributed by atoms with Crippen molar-refractivity contribution in [1.82, 2.24) is 5.32 Å². The Morgan fingerprint density at radius 1 is 1.24 bits per heavy atom. The molecule has 0 heterocycles. The molecule has 0 aliphatic rings. The van der Waals surface area contributed by atoms with Gasteiger partial charge in [-0.3, -0.25) is 9.59 Å². The Balaban J connectivity index is 2.91. The largest absolute Gasteiger partial charge is 0.480 e. The predicted octanol–water partition coefficient (Wildman–Crippen LogP) is -0.00880. The first-order valence-corrected chi connectivity index (χ1v) is 6.32. The summed E-state index contributed by atoms with van der Waals surface area (Å²) >= 11 is 0. The van der Waals surface area contributed by atoms with Gasteiger partial charge < -0.3 is 21.9 Å². The van der Waals surface area contributed by atoms with Gasteiger partial charge in [-0.1, -0.05) is 12.1 Å². The Hall–Kier alpha value is -2.57. The number of carbonyl (C=O) groups excluding carboxylic acids is 2. The monoisotopic (exact) mass is 293 g/mol. The zero-order chi connectivity index (χ0) is 16.2. The number of primary amides is 1. The van der Waals surface area contributed by atoms with Crippen LogP contribution in [0, 0.1) is 0 Å². The van der Waals surface area contributed by atoms with E-state index in [9.17, 15) is 14.4 Å². The lowest BCUT2D eigenvalue weighted by Gasteiger charge is -2.26. The van der Waals surface area contributed by atoms with Gasteiger partial charge in [-0.05, 0) is 31.5 Å². The number of anilines is 1. The zero-order valence-corrected chi connectivity index (χ0v) is 11.9. The third-order valence-corrected chi connectivity index (χ3v) is 3.21. The van der Waals surface area contributed by atoms with E-state index in [4.69, 9.17) is 16.6 Å². The number of carbonyl (C=O) groups is 3. The summed E-state index contributed by atoms with van der Waals surface area (Å²) in [4.78, 5) is 34.2. The van der Waals surface area contributed by atoms with Crippen molar-refractivity contribution < 1.29 is 19.5 Å². The number of rotatable bonds is 6. The standard InChI is InChI=1S/C14H19N3O4/c1-14(2,8-3-5-9(15)6-4-8)13(21)17-10(12(19)20)7-11(16)18/h3-6,10H,7,15H2,1-2H3,(H2,16,18)(H,17,21)(H,19,20). The van der Waals surface area contributed by atoms with E-state index in [0.717, 1.165) is 0 Å². The van der Waals surface area contributed by atoms with Crippen LogP contribution in [-0.4, -0.2) is 28.9 Å². The summed E-state index contributed by atoms with van der Waals surface area (Å²) in [5, 5.41) is 11.3. The molecule has 7 heteroatoms. The minimum absolute atomic E-state index is 0.459. The Kier molecular flexibility index (Phi) is 4.91. The van der Waals surface area contributed by atoms with E-state index in [-0.39, 0.29) is 0 Å². The summed E-state index contributed by atoms with van der Waals surface area (Å²) in [5.74, 6) is -2.62. The number of carboxylic acids is 1. The van der Waals surface area contributed by atoms with Gasteiger partial charge in [0.05, 0.1) is 11.8 Å². The van der Waals surface area contributed by atoms with E-state index in [1.54, 1.807) is 38.1 Å². The molecule has 21 heavy (non-hydrogen) atoms. The molecule has 0 aliphatic carbocycles. The topological polar surface area (TPSA) is 136 Å². The van der Waals surface area contributed by atoms with Crippen LogP contribution in [-0.2, 0) is 19.8 Å². The molecule has 0 fully saturated rings. The molecule has 0 bridgehead atoms. The molecule has 1 rings (SSSR count). The summed E-state index contributed by atoms with van der Waals surface area (Å²) in [7, 11) is 0. The van der Waals surface area contributed by atoms with Crippen LogP contribution in [0.15, 0.2) is 24.3 Å². The molecular weight excluding hydrogens is 274 g/mol. The van der Waals surface area contributed by atoms with Gasteiger partial charge in [0, 0.05) is 5.69 Å². The number of hydrogen-bond donors (Lipinski definition) is 4. The zero-order valence-electron chi connectivity index (χ0n) is 11.9. The average molecular weight is 293 g/mol. The Labute approximate surface area is 122 Å². The van der Waals surface area contributed by atoms with Gasteiger partial charge in [0.15, 0.2) is 0 Å². The molecule has 0 radical (unpaired) electrons. The number of hydrogen-bond acceptors (Lipinski definition) is 4. The van der Waals surface area contributed by atoms with E-state index in [0.29, 0.717) is 11.3 Å². The number of nitrogen functional groups attached to an aromatic ring is 1. The molecule has 1 atom stereocenters. The van der Waals surface area contributed by atoms with Crippen LogP contribution >= 0.6 is 0 Å². The molecule has 0 saturated heterocycles. The number of nitrogens with two attached hydrogens (primary N) is 2. The van der Waals surface area contributed by atoms with Crippen LogP contribution in [0.3, 0.4) is 0 Å². The number of nitrogens with one attached hydrogen (secondary N) is 1. The van der Waals surface area contributed by atoms with Crippen molar-refractivity contribution >= 4 is 23.5 Å². The van der Waals surface area contributed by atoms with Gasteiger partial charge in [0.1, 0.15) is 6.04 Å². The first kappa shape index (κ1) is 16.5. The summed E-state index contributed by atoms with van der Waals surface area (Å²) < 4.78 is 0. The molecule has 1 aromatic carbocycles. The van der Waals surface area contributed by atoms with E-state index in [1.165, 1.54) is 0 Å². The van der Waals surface area contributed by atoms with Crippen LogP contribution < -0.4 is 16.8 Å². The third kappa shape index (κ3) is 4.20. The average Bonchev–Trinajstić information content (AvgIpc) is 2.37. The minimum Gasteiger partial charge on any atom is -0.480 e. The predicted molar refractivity (Wildman–Crippen MR) is 77.3 cm³/mol. The highest BCUT2D eigenvalue weighted by Gasteiger charge is 2.33. The van der Waals surface area contributed by atoms with Crippen molar-refractivity contribution in [3.8, 4) is 0 Å². The first-order valence-electron chi connectivity index (χ1n) is 6.32. The van der Waals surface area contributed by atoms with Gasteiger partial charge in [0.25, 0.3) is 0 Å². The van der Waals surface area contributed by atoms with E-state index in [1.807, 2.05) is 0 Å². The molecular formula is C14H19N3O4. The molecule has 0 aliphatic heterocycles. The maximum atomic E-state index is 12.3. The lowest BCUT2D eigenvalue weighted by molar-refractivity contribution is -0.144. The molecule has 0 saturated carbocycles. The molecule has 7 nitrogen and oxygen atoms in total. The molecule has 1 unspecified atom stereocenters. The first-order chi connectivity index (χ1) is 9.64. The van der Waals surface area contributed by atoms with Crippen molar-refractivity contribution in [3.05, 3.63) is 29.8 Å². The van der Waals surface area contributed by atoms with Crippen molar-refractivity contribution in [3.63, 3.8) is 0 Å². The molecule has 1 aromatic rings. The van der Waals surface area contributed by atoms with E-state index < -0.39 is 35.7 Å². The molecule has 114 valence electrons. The Morgan fingerprint density at radius 2 is 1.76 bits per heavy atom. The summed E-state index contributed by atoms with van der Waals surface area (Å²) in [6.45, 7) is 3.30. The quantitative estimate of drug-likeness (QED) is 0.547. The maximum absolute atomic E-state index is 12.3. The lowest BCUT2D eigenvalue weighted by atomic mass is 9.83. The molecule has 2 amide bonds. The number of aliphatic carboxylic acids is 1. The molecule has 0 spiro atoms. The highest BCUT2D eigenvalue weighted by atomic mass is 16.4. The summed E-state index contributed by atoms with van der Waals surface area (Å²) in [6.07, 6.45) is -0.459.